The number of rotatable bonds is 0. The SMILES string of the molecule is BN.N.[CaH2]. The van der Waals surface area contributed by atoms with Crippen LogP contribution in [0.15, 0.2) is 0 Å². The molecule has 0 amide bonds. The minimum absolute atomic E-state index is 0. The van der Waals surface area contributed by atoms with Crippen molar-refractivity contribution < 1.29 is 0 Å². The average molecular weight is 88.0 g/mol. The maximum atomic E-state index is 4.50. The summed E-state index contributed by atoms with van der Waals surface area (Å²) in [7, 11) is 1.50. The second kappa shape index (κ2) is 28.8. The maximum absolute atomic E-state index is 4.50. The van der Waals surface area contributed by atoms with E-state index in [0.29, 0.717) is 0 Å². The number of nitrogens with two attached hydrogens (primary N) is 1. The van der Waals surface area contributed by atoms with Gasteiger partial charge in [0.15, 0.2) is 7.98 Å². The molecule has 4 heteroatoms. The molecule has 0 bridgehead atoms. The van der Waals surface area contributed by atoms with E-state index < -0.39 is 0 Å². The van der Waals surface area contributed by atoms with Gasteiger partial charge in [0.2, 0.25) is 0 Å². The Labute approximate surface area is 57.1 Å². The van der Waals surface area contributed by atoms with Crippen LogP contribution in [0.2, 0.25) is 0 Å². The summed E-state index contributed by atoms with van der Waals surface area (Å²) in [5.74, 6) is 0. The monoisotopic (exact) mass is 88.0 g/mol. The Bertz CT molecular complexity index is 6.00. The van der Waals surface area contributed by atoms with Gasteiger partial charge in [-0.25, -0.2) is 0 Å². The van der Waals surface area contributed by atoms with Gasteiger partial charge in [0, 0.05) is 0 Å². The molecule has 0 aromatic rings. The topological polar surface area (TPSA) is 61.0 Å². The molecule has 0 rings (SSSR count). The third-order valence-corrected chi connectivity index (χ3v) is 0. The summed E-state index contributed by atoms with van der Waals surface area (Å²) in [6.45, 7) is 0. The summed E-state index contributed by atoms with van der Waals surface area (Å²) in [5, 5.41) is 0. The van der Waals surface area contributed by atoms with Crippen LogP contribution in [0.1, 0.15) is 0 Å². The van der Waals surface area contributed by atoms with Crippen molar-refractivity contribution in [2.24, 2.45) is 5.64 Å². The van der Waals surface area contributed by atoms with Gasteiger partial charge in [-0.05, 0) is 0 Å². The Morgan fingerprint density at radius 2 is 1.25 bits per heavy atom. The summed E-state index contributed by atoms with van der Waals surface area (Å²) in [6, 6.07) is 0. The first kappa shape index (κ1) is 18.8. The van der Waals surface area contributed by atoms with Crippen molar-refractivity contribution in [1.29, 1.82) is 0 Å². The Hall–Kier alpha value is 1.24. The van der Waals surface area contributed by atoms with Gasteiger partial charge in [0.25, 0.3) is 0 Å². The van der Waals surface area contributed by atoms with E-state index in [1.54, 1.807) is 0 Å². The van der Waals surface area contributed by atoms with Crippen molar-refractivity contribution in [3.8, 4) is 0 Å². The first-order chi connectivity index (χ1) is 1.00. The van der Waals surface area contributed by atoms with E-state index in [1.807, 2.05) is 0 Å². The van der Waals surface area contributed by atoms with Crippen molar-refractivity contribution in [3.05, 3.63) is 0 Å². The predicted molar refractivity (Wildman–Crippen MR) is 26.3 cm³/mol. The Kier molecular flexibility index (Phi) is 135. The van der Waals surface area contributed by atoms with Gasteiger partial charge >= 0.3 is 37.7 Å². The van der Waals surface area contributed by atoms with Gasteiger partial charge in [0.1, 0.15) is 0 Å². The van der Waals surface area contributed by atoms with Gasteiger partial charge in [0.05, 0.1) is 0 Å². The van der Waals surface area contributed by atoms with Crippen LogP contribution >= 0.6 is 0 Å². The Morgan fingerprint density at radius 3 is 1.25 bits per heavy atom. The molecule has 5 N–H and O–H groups in total. The van der Waals surface area contributed by atoms with Gasteiger partial charge in [-0.1, -0.05) is 0 Å². The summed E-state index contributed by atoms with van der Waals surface area (Å²) >= 11 is 0. The van der Waals surface area contributed by atoms with Crippen LogP contribution in [0.25, 0.3) is 0 Å². The standard InChI is InChI=1S/BH4N.Ca.H3N.2H/c1-2;;;;/h1-2H2;;1H3;;. The van der Waals surface area contributed by atoms with E-state index in [1.165, 1.54) is 7.98 Å². The van der Waals surface area contributed by atoms with Crippen LogP contribution in [0, 0.1) is 0 Å². The van der Waals surface area contributed by atoms with Crippen molar-refractivity contribution in [3.63, 3.8) is 0 Å². The number of hydrogen-bond donors (Lipinski definition) is 2. The zero-order valence-corrected chi connectivity index (χ0v) is 2.28. The zero-order valence-electron chi connectivity index (χ0n) is 2.28. The van der Waals surface area contributed by atoms with Crippen LogP contribution in [-0.2, 0) is 0 Å². The van der Waals surface area contributed by atoms with Crippen molar-refractivity contribution in [1.82, 2.24) is 6.15 Å². The molecule has 0 radical (unpaired) electrons. The molecule has 0 spiro atoms. The third-order valence-electron chi connectivity index (χ3n) is 0. The van der Waals surface area contributed by atoms with Crippen LogP contribution < -0.4 is 11.8 Å². The molecule has 0 saturated carbocycles. The van der Waals surface area contributed by atoms with Crippen LogP contribution in [0.5, 0.6) is 0 Å². The molecule has 0 fully saturated rings. The zero-order chi connectivity index (χ0) is 2.00. The second-order valence-electron chi connectivity index (χ2n) is 0. The van der Waals surface area contributed by atoms with Gasteiger partial charge in [-0.2, -0.15) is 0 Å². The van der Waals surface area contributed by atoms with Gasteiger partial charge < -0.3 is 11.8 Å². The summed E-state index contributed by atoms with van der Waals surface area (Å²) in [5.41, 5.74) is 4.50. The summed E-state index contributed by atoms with van der Waals surface area (Å²) in [6.07, 6.45) is 0. The van der Waals surface area contributed by atoms with E-state index in [-0.39, 0.29) is 43.9 Å². The molecule has 0 unspecified atom stereocenters. The molecule has 0 atom stereocenters. The molecule has 0 aromatic heterocycles. The fourth-order valence-corrected chi connectivity index (χ4v) is 0. The van der Waals surface area contributed by atoms with E-state index >= 15 is 0 Å². The van der Waals surface area contributed by atoms with Crippen LogP contribution in [0.4, 0.5) is 0 Å². The molecule has 4 heavy (non-hydrogen) atoms. The molecule has 0 aromatic carbocycles. The van der Waals surface area contributed by atoms with Crippen LogP contribution in [0.3, 0.4) is 0 Å². The first-order valence-electron chi connectivity index (χ1n) is 0.577. The van der Waals surface area contributed by atoms with Gasteiger partial charge in [-0.15, -0.1) is 0 Å². The molecule has 0 saturated heterocycles. The predicted octanol–water partition coefficient (Wildman–Crippen LogP) is -2.26. The minimum atomic E-state index is 0. The Balaban J connectivity index is -0.00000000500. The normalized spacial score (nSPS) is 1.25. The fraction of sp³-hybridized carbons (Fsp3) is 0. The second-order valence-corrected chi connectivity index (χ2v) is 0. The van der Waals surface area contributed by atoms with E-state index in [9.17, 15) is 0 Å². The van der Waals surface area contributed by atoms with E-state index in [0.717, 1.165) is 0 Å². The van der Waals surface area contributed by atoms with E-state index in [2.05, 4.69) is 5.64 Å². The van der Waals surface area contributed by atoms with Crippen molar-refractivity contribution >= 4 is 45.7 Å². The average Bonchev–Trinajstić information content (AvgIpc) is 1.00. The molecule has 0 heterocycles. The van der Waals surface area contributed by atoms with Crippen molar-refractivity contribution in [2.75, 3.05) is 0 Å². The fourth-order valence-electron chi connectivity index (χ4n) is 0. The third kappa shape index (κ3) is 10.6. The molecular weight excluding hydrogens is 78.9 g/mol. The summed E-state index contributed by atoms with van der Waals surface area (Å²) in [4.78, 5) is 0. The quantitative estimate of drug-likeness (QED) is 0.328. The summed E-state index contributed by atoms with van der Waals surface area (Å²) < 4.78 is 0. The van der Waals surface area contributed by atoms with Crippen LogP contribution in [-0.4, -0.2) is 45.7 Å². The number of hydrogen-bond acceptors (Lipinski definition) is 2. The molecule has 24 valence electrons. The molecule has 0 aliphatic carbocycles. The molecule has 2 nitrogen and oxygen atoms in total. The van der Waals surface area contributed by atoms with E-state index in [4.69, 9.17) is 0 Å². The van der Waals surface area contributed by atoms with Crippen molar-refractivity contribution in [2.45, 2.75) is 0 Å². The molecule has 0 aliphatic rings. The first-order valence-corrected chi connectivity index (χ1v) is 0.577. The molecule has 0 aliphatic heterocycles. The Morgan fingerprint density at radius 1 is 1.25 bits per heavy atom. The van der Waals surface area contributed by atoms with Gasteiger partial charge in [-0.3, -0.25) is 0 Å². The molecular formula is H9BCaN2.